The van der Waals surface area contributed by atoms with Crippen LogP contribution < -0.4 is 5.73 Å². The fourth-order valence-corrected chi connectivity index (χ4v) is 3.93. The number of hydrogen-bond acceptors (Lipinski definition) is 3. The second kappa shape index (κ2) is 7.71. The van der Waals surface area contributed by atoms with Crippen molar-refractivity contribution in [2.24, 2.45) is 5.73 Å². The van der Waals surface area contributed by atoms with Gasteiger partial charge in [-0.05, 0) is 29.3 Å². The minimum absolute atomic E-state index is 0. The minimum Gasteiger partial charge on any atom is -0.326 e. The summed E-state index contributed by atoms with van der Waals surface area (Å²) in [7, 11) is 0. The third-order valence-electron chi connectivity index (χ3n) is 4.81. The Labute approximate surface area is 159 Å². The van der Waals surface area contributed by atoms with Gasteiger partial charge in [-0.3, -0.25) is 9.88 Å². The summed E-state index contributed by atoms with van der Waals surface area (Å²) in [6.45, 7) is 2.68. The molecule has 1 aliphatic heterocycles. The molecule has 0 spiro atoms. The number of nitrogens with zero attached hydrogens (tertiary/aromatic N) is 2. The Kier molecular flexibility index (Phi) is 5.60. The van der Waals surface area contributed by atoms with Gasteiger partial charge in [0.25, 0.3) is 0 Å². The van der Waals surface area contributed by atoms with Gasteiger partial charge >= 0.3 is 0 Å². The molecule has 1 aliphatic rings. The summed E-state index contributed by atoms with van der Waals surface area (Å²) in [6.07, 6.45) is 1.84. The van der Waals surface area contributed by atoms with E-state index < -0.39 is 0 Å². The molecule has 1 saturated heterocycles. The summed E-state index contributed by atoms with van der Waals surface area (Å²) in [5.74, 6) is 0.379. The van der Waals surface area contributed by atoms with E-state index >= 15 is 0 Å². The summed E-state index contributed by atoms with van der Waals surface area (Å²) in [5, 5.41) is 1.84. The second-order valence-corrected chi connectivity index (χ2v) is 6.95. The van der Waals surface area contributed by atoms with Crippen LogP contribution in [0.25, 0.3) is 10.9 Å². The Morgan fingerprint density at radius 1 is 1.08 bits per heavy atom. The number of hydrogen-bond donors (Lipinski definition) is 1. The normalized spacial score (nSPS) is 20.6. The summed E-state index contributed by atoms with van der Waals surface area (Å²) >= 11 is 6.29. The second-order valence-electron chi connectivity index (χ2n) is 6.52. The molecule has 0 bridgehead atoms. The Balaban J connectivity index is 0.00000182. The molecule has 130 valence electrons. The molecule has 0 saturated carbocycles. The number of pyridine rings is 1. The number of fused-ring (bicyclic) bond motifs is 1. The van der Waals surface area contributed by atoms with Gasteiger partial charge in [-0.25, -0.2) is 0 Å². The Bertz CT molecular complexity index is 854. The molecule has 2 atom stereocenters. The molecule has 2 N–H and O–H groups in total. The number of nitrogens with two attached hydrogens (primary N) is 1. The molecule has 1 fully saturated rings. The minimum atomic E-state index is 0. The lowest BCUT2D eigenvalue weighted by atomic mass is 9.95. The fourth-order valence-electron chi connectivity index (χ4n) is 3.68. The van der Waals surface area contributed by atoms with E-state index in [0.717, 1.165) is 35.6 Å². The van der Waals surface area contributed by atoms with Crippen LogP contribution in [0.1, 0.15) is 17.0 Å². The standard InChI is InChI=1S/C20H20ClN3.ClH/c21-17-9-15-7-4-8-23-20(15)16(10-17)11-24-12-18(19(22)13-24)14-5-2-1-3-6-14;/h1-10,18-19H,11-13,22H2;1H/t18-,19+;/m0./s1. The van der Waals surface area contributed by atoms with E-state index in [2.05, 4.69) is 40.2 Å². The Morgan fingerprint density at radius 3 is 2.68 bits per heavy atom. The summed E-state index contributed by atoms with van der Waals surface area (Å²) in [6, 6.07) is 18.7. The molecule has 0 amide bonds. The number of benzene rings is 2. The number of likely N-dealkylation sites (tertiary alicyclic amines) is 1. The Morgan fingerprint density at radius 2 is 1.88 bits per heavy atom. The molecule has 0 unspecified atom stereocenters. The molecular formula is C20H21Cl2N3. The topological polar surface area (TPSA) is 42.1 Å². The highest BCUT2D eigenvalue weighted by Gasteiger charge is 2.31. The highest BCUT2D eigenvalue weighted by atomic mass is 35.5. The van der Waals surface area contributed by atoms with Crippen LogP contribution in [0.15, 0.2) is 60.8 Å². The van der Waals surface area contributed by atoms with Crippen LogP contribution in [-0.2, 0) is 6.54 Å². The van der Waals surface area contributed by atoms with E-state index in [1.165, 1.54) is 11.1 Å². The molecule has 2 aromatic carbocycles. The van der Waals surface area contributed by atoms with Crippen molar-refractivity contribution >= 4 is 34.9 Å². The maximum Gasteiger partial charge on any atom is 0.0747 e. The van der Waals surface area contributed by atoms with Crippen LogP contribution in [0.3, 0.4) is 0 Å². The van der Waals surface area contributed by atoms with E-state index in [4.69, 9.17) is 17.3 Å². The highest BCUT2D eigenvalue weighted by molar-refractivity contribution is 6.31. The molecule has 1 aromatic heterocycles. The van der Waals surface area contributed by atoms with Crippen molar-refractivity contribution < 1.29 is 0 Å². The lowest BCUT2D eigenvalue weighted by Gasteiger charge is -2.17. The quantitative estimate of drug-likeness (QED) is 0.746. The van der Waals surface area contributed by atoms with Gasteiger partial charge in [-0.15, -0.1) is 12.4 Å². The highest BCUT2D eigenvalue weighted by Crippen LogP contribution is 2.29. The molecule has 5 heteroatoms. The van der Waals surface area contributed by atoms with E-state index in [1.807, 2.05) is 30.5 Å². The van der Waals surface area contributed by atoms with E-state index in [0.29, 0.717) is 5.92 Å². The van der Waals surface area contributed by atoms with Crippen molar-refractivity contribution in [1.82, 2.24) is 9.88 Å². The van der Waals surface area contributed by atoms with Gasteiger partial charge in [0, 0.05) is 48.2 Å². The van der Waals surface area contributed by atoms with Crippen molar-refractivity contribution in [3.63, 3.8) is 0 Å². The van der Waals surface area contributed by atoms with Crippen LogP contribution in [0, 0.1) is 0 Å². The average Bonchev–Trinajstić information content (AvgIpc) is 2.96. The average molecular weight is 374 g/mol. The van der Waals surface area contributed by atoms with Crippen LogP contribution in [0.5, 0.6) is 0 Å². The van der Waals surface area contributed by atoms with Gasteiger partial charge in [-0.2, -0.15) is 0 Å². The molecule has 25 heavy (non-hydrogen) atoms. The number of rotatable bonds is 3. The SMILES string of the molecule is Cl.N[C@@H]1CN(Cc2cc(Cl)cc3cccnc23)C[C@H]1c1ccccc1. The summed E-state index contributed by atoms with van der Waals surface area (Å²) in [5.41, 5.74) is 9.93. The summed E-state index contributed by atoms with van der Waals surface area (Å²) < 4.78 is 0. The first-order valence-corrected chi connectivity index (χ1v) is 8.64. The van der Waals surface area contributed by atoms with Crippen molar-refractivity contribution in [2.45, 2.75) is 18.5 Å². The summed E-state index contributed by atoms with van der Waals surface area (Å²) in [4.78, 5) is 6.95. The zero-order valence-electron chi connectivity index (χ0n) is 13.8. The predicted molar refractivity (Wildman–Crippen MR) is 106 cm³/mol. The third-order valence-corrected chi connectivity index (χ3v) is 5.03. The van der Waals surface area contributed by atoms with Gasteiger partial charge in [0.2, 0.25) is 0 Å². The lowest BCUT2D eigenvalue weighted by Crippen LogP contribution is -2.28. The predicted octanol–water partition coefficient (Wildman–Crippen LogP) is 4.24. The fraction of sp³-hybridized carbons (Fsp3) is 0.250. The first kappa shape index (κ1) is 18.2. The van der Waals surface area contributed by atoms with Crippen molar-refractivity contribution in [1.29, 1.82) is 0 Å². The third kappa shape index (κ3) is 3.80. The van der Waals surface area contributed by atoms with E-state index in [1.54, 1.807) is 0 Å². The van der Waals surface area contributed by atoms with Crippen LogP contribution in [0.2, 0.25) is 5.02 Å². The van der Waals surface area contributed by atoms with Crippen LogP contribution >= 0.6 is 24.0 Å². The van der Waals surface area contributed by atoms with Crippen LogP contribution in [0.4, 0.5) is 0 Å². The first-order chi connectivity index (χ1) is 11.7. The van der Waals surface area contributed by atoms with Crippen molar-refractivity contribution in [3.8, 4) is 0 Å². The van der Waals surface area contributed by atoms with Crippen molar-refractivity contribution in [3.05, 3.63) is 76.9 Å². The molecule has 2 heterocycles. The van der Waals surface area contributed by atoms with Gasteiger partial charge in [0.05, 0.1) is 5.52 Å². The molecular weight excluding hydrogens is 353 g/mol. The molecule has 0 aliphatic carbocycles. The molecule has 4 rings (SSSR count). The number of aromatic nitrogens is 1. The largest absolute Gasteiger partial charge is 0.326 e. The first-order valence-electron chi connectivity index (χ1n) is 8.27. The van der Waals surface area contributed by atoms with Crippen LogP contribution in [-0.4, -0.2) is 29.0 Å². The van der Waals surface area contributed by atoms with Crippen molar-refractivity contribution in [2.75, 3.05) is 13.1 Å². The number of halogens is 2. The maximum atomic E-state index is 6.41. The molecule has 3 aromatic rings. The lowest BCUT2D eigenvalue weighted by molar-refractivity contribution is 0.325. The van der Waals surface area contributed by atoms with Gasteiger partial charge < -0.3 is 5.73 Å². The molecule has 3 nitrogen and oxygen atoms in total. The Hall–Kier alpha value is -1.65. The van der Waals surface area contributed by atoms with E-state index in [-0.39, 0.29) is 18.4 Å². The zero-order chi connectivity index (χ0) is 16.5. The zero-order valence-corrected chi connectivity index (χ0v) is 15.4. The monoisotopic (exact) mass is 373 g/mol. The smallest absolute Gasteiger partial charge is 0.0747 e. The van der Waals surface area contributed by atoms with Gasteiger partial charge in [-0.1, -0.05) is 48.0 Å². The maximum absolute atomic E-state index is 6.41. The van der Waals surface area contributed by atoms with Gasteiger partial charge in [0.1, 0.15) is 0 Å². The molecule has 0 radical (unpaired) electrons. The van der Waals surface area contributed by atoms with E-state index in [9.17, 15) is 0 Å². The van der Waals surface area contributed by atoms with Gasteiger partial charge in [0.15, 0.2) is 0 Å².